The third-order valence-electron chi connectivity index (χ3n) is 4.58. The van der Waals surface area contributed by atoms with E-state index in [1.807, 2.05) is 43.0 Å². The lowest BCUT2D eigenvalue weighted by Gasteiger charge is -2.25. The molecular formula is C19H23NO4. The van der Waals surface area contributed by atoms with Crippen molar-refractivity contribution in [3.05, 3.63) is 46.9 Å². The fraction of sp³-hybridized carbons (Fsp3) is 0.421. The fourth-order valence-electron chi connectivity index (χ4n) is 3.41. The number of furan rings is 1. The van der Waals surface area contributed by atoms with E-state index in [9.17, 15) is 4.79 Å². The molecule has 1 aliphatic heterocycles. The smallest absolute Gasteiger partial charge is 0.257 e. The number of methoxy groups -OCH3 is 2. The summed E-state index contributed by atoms with van der Waals surface area (Å²) < 4.78 is 16.2. The number of hydrogen-bond donors (Lipinski definition) is 0. The number of ether oxygens (including phenoxy) is 2. The number of likely N-dealkylation sites (tertiary alicyclic amines) is 1. The number of amides is 1. The number of carbonyl (C=O) groups excluding carboxylic acids is 1. The van der Waals surface area contributed by atoms with Crippen LogP contribution in [0.3, 0.4) is 0 Å². The molecule has 0 saturated carbocycles. The second kappa shape index (κ2) is 6.59. The quantitative estimate of drug-likeness (QED) is 0.854. The van der Waals surface area contributed by atoms with Crippen LogP contribution in [0, 0.1) is 13.8 Å². The van der Waals surface area contributed by atoms with Crippen LogP contribution in [0.1, 0.15) is 46.3 Å². The van der Waals surface area contributed by atoms with Gasteiger partial charge in [-0.3, -0.25) is 4.79 Å². The normalized spacial score (nSPS) is 17.2. The lowest BCUT2D eigenvalue weighted by atomic mass is 10.0. The lowest BCUT2D eigenvalue weighted by molar-refractivity contribution is 0.0733. The summed E-state index contributed by atoms with van der Waals surface area (Å²) in [6.45, 7) is 4.45. The first-order valence-electron chi connectivity index (χ1n) is 8.15. The Morgan fingerprint density at radius 2 is 1.92 bits per heavy atom. The van der Waals surface area contributed by atoms with Crippen LogP contribution in [-0.2, 0) is 0 Å². The van der Waals surface area contributed by atoms with Crippen molar-refractivity contribution in [3.8, 4) is 11.5 Å². The number of hydrogen-bond acceptors (Lipinski definition) is 4. The van der Waals surface area contributed by atoms with Crippen molar-refractivity contribution in [1.82, 2.24) is 4.90 Å². The predicted molar refractivity (Wildman–Crippen MR) is 90.7 cm³/mol. The molecule has 1 fully saturated rings. The minimum Gasteiger partial charge on any atom is -0.493 e. The van der Waals surface area contributed by atoms with E-state index in [0.29, 0.717) is 22.8 Å². The van der Waals surface area contributed by atoms with Gasteiger partial charge < -0.3 is 18.8 Å². The van der Waals surface area contributed by atoms with Crippen LogP contribution in [0.4, 0.5) is 0 Å². The highest BCUT2D eigenvalue weighted by molar-refractivity contribution is 5.95. The van der Waals surface area contributed by atoms with Crippen molar-refractivity contribution in [3.63, 3.8) is 0 Å². The number of benzene rings is 1. The van der Waals surface area contributed by atoms with Gasteiger partial charge >= 0.3 is 0 Å². The van der Waals surface area contributed by atoms with Crippen LogP contribution in [0.5, 0.6) is 11.5 Å². The van der Waals surface area contributed by atoms with Crippen LogP contribution in [0.15, 0.2) is 28.7 Å². The summed E-state index contributed by atoms with van der Waals surface area (Å²) in [4.78, 5) is 14.9. The first kappa shape index (κ1) is 16.4. The summed E-state index contributed by atoms with van der Waals surface area (Å²) in [6, 6.07) is 7.73. The van der Waals surface area contributed by atoms with E-state index < -0.39 is 0 Å². The molecule has 0 aliphatic carbocycles. The van der Waals surface area contributed by atoms with Crippen LogP contribution < -0.4 is 9.47 Å². The Hall–Kier alpha value is -2.43. The monoisotopic (exact) mass is 329 g/mol. The Bertz CT molecular complexity index is 750. The van der Waals surface area contributed by atoms with Gasteiger partial charge in [-0.1, -0.05) is 6.07 Å². The maximum absolute atomic E-state index is 13.0. The van der Waals surface area contributed by atoms with E-state index in [1.54, 1.807) is 14.2 Å². The van der Waals surface area contributed by atoms with Gasteiger partial charge in [0.2, 0.25) is 0 Å². The molecule has 1 amide bonds. The first-order valence-corrected chi connectivity index (χ1v) is 8.15. The van der Waals surface area contributed by atoms with E-state index in [1.165, 1.54) is 0 Å². The van der Waals surface area contributed by atoms with E-state index in [4.69, 9.17) is 13.9 Å². The minimum absolute atomic E-state index is 0.0293. The fourth-order valence-corrected chi connectivity index (χ4v) is 3.41. The molecule has 1 atom stereocenters. The van der Waals surface area contributed by atoms with Gasteiger partial charge in [-0.15, -0.1) is 0 Å². The molecule has 5 heteroatoms. The number of nitrogens with zero attached hydrogens (tertiary/aromatic N) is 1. The van der Waals surface area contributed by atoms with Crippen molar-refractivity contribution in [2.45, 2.75) is 32.7 Å². The summed E-state index contributed by atoms with van der Waals surface area (Å²) in [6.07, 6.45) is 1.93. The van der Waals surface area contributed by atoms with Crippen LogP contribution in [-0.4, -0.2) is 31.6 Å². The average molecular weight is 329 g/mol. The summed E-state index contributed by atoms with van der Waals surface area (Å²) >= 11 is 0. The first-order chi connectivity index (χ1) is 11.5. The van der Waals surface area contributed by atoms with E-state index >= 15 is 0 Å². The molecule has 0 spiro atoms. The molecule has 24 heavy (non-hydrogen) atoms. The van der Waals surface area contributed by atoms with Gasteiger partial charge in [0.05, 0.1) is 25.8 Å². The molecule has 2 heterocycles. The number of carbonyl (C=O) groups is 1. The SMILES string of the molecule is COc1ccc(C2CCCN2C(=O)c2cc(C)oc2C)cc1OC. The van der Waals surface area contributed by atoms with Gasteiger partial charge in [-0.05, 0) is 50.5 Å². The third-order valence-corrected chi connectivity index (χ3v) is 4.58. The number of aryl methyl sites for hydroxylation is 2. The van der Waals surface area contributed by atoms with Crippen molar-refractivity contribution in [2.75, 3.05) is 20.8 Å². The van der Waals surface area contributed by atoms with E-state index in [0.717, 1.165) is 30.7 Å². The largest absolute Gasteiger partial charge is 0.493 e. The van der Waals surface area contributed by atoms with Crippen molar-refractivity contribution < 1.29 is 18.7 Å². The Morgan fingerprint density at radius 3 is 2.54 bits per heavy atom. The highest BCUT2D eigenvalue weighted by atomic mass is 16.5. The molecule has 1 aromatic carbocycles. The molecule has 5 nitrogen and oxygen atoms in total. The molecule has 1 aliphatic rings. The zero-order chi connectivity index (χ0) is 17.3. The van der Waals surface area contributed by atoms with Crippen molar-refractivity contribution in [1.29, 1.82) is 0 Å². The van der Waals surface area contributed by atoms with Crippen LogP contribution in [0.2, 0.25) is 0 Å². The highest BCUT2D eigenvalue weighted by Crippen LogP contribution is 2.37. The summed E-state index contributed by atoms with van der Waals surface area (Å²) in [5.41, 5.74) is 1.72. The molecule has 1 aromatic heterocycles. The predicted octanol–water partition coefficient (Wildman–Crippen LogP) is 3.89. The summed E-state index contributed by atoms with van der Waals surface area (Å²) in [5, 5.41) is 0. The second-order valence-corrected chi connectivity index (χ2v) is 6.10. The van der Waals surface area contributed by atoms with Crippen molar-refractivity contribution in [2.24, 2.45) is 0 Å². The van der Waals surface area contributed by atoms with Gasteiger partial charge in [0.1, 0.15) is 11.5 Å². The molecule has 1 unspecified atom stereocenters. The topological polar surface area (TPSA) is 51.9 Å². The Labute approximate surface area is 142 Å². The van der Waals surface area contributed by atoms with Gasteiger partial charge in [-0.25, -0.2) is 0 Å². The zero-order valence-electron chi connectivity index (χ0n) is 14.6. The lowest BCUT2D eigenvalue weighted by Crippen LogP contribution is -2.30. The summed E-state index contributed by atoms with van der Waals surface area (Å²) in [5.74, 6) is 2.85. The molecule has 0 N–H and O–H groups in total. The molecular weight excluding hydrogens is 306 g/mol. The Balaban J connectivity index is 1.91. The van der Waals surface area contributed by atoms with Crippen LogP contribution in [0.25, 0.3) is 0 Å². The second-order valence-electron chi connectivity index (χ2n) is 6.10. The van der Waals surface area contributed by atoms with Gasteiger partial charge in [-0.2, -0.15) is 0 Å². The maximum atomic E-state index is 13.0. The minimum atomic E-state index is 0.0293. The average Bonchev–Trinajstić information content (AvgIpc) is 3.19. The van der Waals surface area contributed by atoms with Crippen molar-refractivity contribution >= 4 is 5.91 Å². The third kappa shape index (κ3) is 2.86. The zero-order valence-corrected chi connectivity index (χ0v) is 14.6. The Kier molecular flexibility index (Phi) is 4.51. The standard InChI is InChI=1S/C19H23NO4/c1-12-10-15(13(2)24-12)19(21)20-9-5-6-16(20)14-7-8-17(22-3)18(11-14)23-4/h7-8,10-11,16H,5-6,9H2,1-4H3. The Morgan fingerprint density at radius 1 is 1.17 bits per heavy atom. The number of rotatable bonds is 4. The molecule has 1 saturated heterocycles. The molecule has 0 radical (unpaired) electrons. The molecule has 3 rings (SSSR count). The highest BCUT2D eigenvalue weighted by Gasteiger charge is 2.32. The van der Waals surface area contributed by atoms with Gasteiger partial charge in [0.15, 0.2) is 11.5 Å². The van der Waals surface area contributed by atoms with E-state index in [2.05, 4.69) is 0 Å². The van der Waals surface area contributed by atoms with Gasteiger partial charge in [0.25, 0.3) is 5.91 Å². The summed E-state index contributed by atoms with van der Waals surface area (Å²) in [7, 11) is 3.24. The maximum Gasteiger partial charge on any atom is 0.257 e. The molecule has 0 bridgehead atoms. The van der Waals surface area contributed by atoms with E-state index in [-0.39, 0.29) is 11.9 Å². The molecule has 128 valence electrons. The van der Waals surface area contributed by atoms with Crippen LogP contribution >= 0.6 is 0 Å². The van der Waals surface area contributed by atoms with Gasteiger partial charge in [0, 0.05) is 6.54 Å². The molecule has 2 aromatic rings.